The topological polar surface area (TPSA) is 63.6 Å². The first-order chi connectivity index (χ1) is 7.02. The van der Waals surface area contributed by atoms with Gasteiger partial charge in [0.2, 0.25) is 0 Å². The third kappa shape index (κ3) is 2.13. The van der Waals surface area contributed by atoms with Gasteiger partial charge in [0.05, 0.1) is 12.4 Å². The molecular formula is C10H12O4S. The molecule has 15 heavy (non-hydrogen) atoms. The molecule has 2 atom stereocenters. The van der Waals surface area contributed by atoms with E-state index in [1.54, 1.807) is 19.2 Å². The second-order valence-electron chi connectivity index (χ2n) is 3.67. The van der Waals surface area contributed by atoms with Crippen LogP contribution in [0.1, 0.15) is 17.9 Å². The normalized spacial score (nSPS) is 24.9. The van der Waals surface area contributed by atoms with E-state index in [0.29, 0.717) is 6.42 Å². The van der Waals surface area contributed by atoms with Crippen molar-refractivity contribution in [3.8, 4) is 5.75 Å². The van der Waals surface area contributed by atoms with Gasteiger partial charge in [-0.05, 0) is 24.1 Å². The van der Waals surface area contributed by atoms with E-state index in [2.05, 4.69) is 0 Å². The van der Waals surface area contributed by atoms with Crippen molar-refractivity contribution in [2.24, 2.45) is 0 Å². The second-order valence-corrected chi connectivity index (χ2v) is 5.30. The lowest BCUT2D eigenvalue weighted by atomic mass is 10.1. The Hall–Kier alpha value is -1.07. The van der Waals surface area contributed by atoms with Gasteiger partial charge in [-0.25, -0.2) is 0 Å². The molecule has 1 aliphatic rings. The predicted octanol–water partition coefficient (Wildman–Crippen LogP) is 1.44. The Kier molecular flexibility index (Phi) is 2.44. The van der Waals surface area contributed by atoms with E-state index in [0.717, 1.165) is 11.3 Å². The van der Waals surface area contributed by atoms with Gasteiger partial charge >= 0.3 is 0 Å². The maximum atomic E-state index is 10.8. The van der Waals surface area contributed by atoms with Crippen molar-refractivity contribution in [3.05, 3.63) is 29.8 Å². The molecule has 0 radical (unpaired) electrons. The van der Waals surface area contributed by atoms with Crippen LogP contribution in [-0.4, -0.2) is 25.3 Å². The van der Waals surface area contributed by atoms with Gasteiger partial charge in [0.25, 0.3) is 10.1 Å². The molecule has 1 aromatic rings. The summed E-state index contributed by atoms with van der Waals surface area (Å²) in [6, 6.07) is 7.23. The largest absolute Gasteiger partial charge is 0.497 e. The fourth-order valence-electron chi connectivity index (χ4n) is 1.70. The van der Waals surface area contributed by atoms with E-state index in [1.807, 2.05) is 12.1 Å². The van der Waals surface area contributed by atoms with Crippen molar-refractivity contribution in [1.29, 1.82) is 0 Å². The Balaban J connectivity index is 2.14. The van der Waals surface area contributed by atoms with Gasteiger partial charge in [-0.1, -0.05) is 12.1 Å². The van der Waals surface area contributed by atoms with Crippen molar-refractivity contribution < 1.29 is 17.7 Å². The third-order valence-corrected chi connectivity index (χ3v) is 3.94. The zero-order valence-electron chi connectivity index (χ0n) is 8.25. The fourth-order valence-corrected chi connectivity index (χ4v) is 2.73. The van der Waals surface area contributed by atoms with Gasteiger partial charge in [0.15, 0.2) is 0 Å². The van der Waals surface area contributed by atoms with Crippen LogP contribution in [0, 0.1) is 0 Å². The lowest BCUT2D eigenvalue weighted by Crippen LogP contribution is -2.05. The van der Waals surface area contributed by atoms with E-state index in [4.69, 9.17) is 9.29 Å². The minimum atomic E-state index is -3.87. The highest BCUT2D eigenvalue weighted by Gasteiger charge is 2.47. The van der Waals surface area contributed by atoms with Crippen LogP contribution < -0.4 is 4.74 Å². The summed E-state index contributed by atoms with van der Waals surface area (Å²) in [6.45, 7) is 0. The number of benzene rings is 1. The highest BCUT2D eigenvalue weighted by Crippen LogP contribution is 2.45. The molecule has 0 aliphatic heterocycles. The Morgan fingerprint density at radius 1 is 1.33 bits per heavy atom. The quantitative estimate of drug-likeness (QED) is 0.795. The molecule has 1 aromatic carbocycles. The SMILES string of the molecule is COc1ccc([C@@H]2C[C@H]2S(=O)(=O)O)cc1. The molecule has 5 heteroatoms. The first-order valence-corrected chi connectivity index (χ1v) is 6.13. The lowest BCUT2D eigenvalue weighted by Gasteiger charge is -2.01. The van der Waals surface area contributed by atoms with Crippen LogP contribution >= 0.6 is 0 Å². The maximum Gasteiger partial charge on any atom is 0.268 e. The molecule has 1 saturated carbocycles. The molecule has 82 valence electrons. The van der Waals surface area contributed by atoms with Crippen molar-refractivity contribution in [2.75, 3.05) is 7.11 Å². The van der Waals surface area contributed by atoms with Crippen LogP contribution in [0.15, 0.2) is 24.3 Å². The molecular weight excluding hydrogens is 216 g/mol. The molecule has 0 bridgehead atoms. The summed E-state index contributed by atoms with van der Waals surface area (Å²) in [6.07, 6.45) is 0.505. The lowest BCUT2D eigenvalue weighted by molar-refractivity contribution is 0.414. The predicted molar refractivity (Wildman–Crippen MR) is 55.7 cm³/mol. The first-order valence-electron chi connectivity index (χ1n) is 4.62. The summed E-state index contributed by atoms with van der Waals surface area (Å²) in [5, 5.41) is -0.620. The average Bonchev–Trinajstić information content (AvgIpc) is 2.97. The molecule has 0 amide bonds. The van der Waals surface area contributed by atoms with Crippen LogP contribution in [0.2, 0.25) is 0 Å². The van der Waals surface area contributed by atoms with Crippen LogP contribution in [0.25, 0.3) is 0 Å². The molecule has 1 aliphatic carbocycles. The van der Waals surface area contributed by atoms with E-state index >= 15 is 0 Å². The molecule has 0 heterocycles. The van der Waals surface area contributed by atoms with Crippen molar-refractivity contribution in [1.82, 2.24) is 0 Å². The molecule has 1 N–H and O–H groups in total. The van der Waals surface area contributed by atoms with Crippen LogP contribution in [0.4, 0.5) is 0 Å². The molecule has 1 fully saturated rings. The van der Waals surface area contributed by atoms with Crippen molar-refractivity contribution >= 4 is 10.1 Å². The number of ether oxygens (including phenoxy) is 1. The van der Waals surface area contributed by atoms with Gasteiger partial charge in [0, 0.05) is 5.92 Å². The average molecular weight is 228 g/mol. The summed E-state index contributed by atoms with van der Waals surface area (Å²) in [7, 11) is -2.30. The molecule has 0 spiro atoms. The molecule has 0 saturated heterocycles. The Labute approximate surface area is 88.6 Å². The highest BCUT2D eigenvalue weighted by atomic mass is 32.2. The minimum Gasteiger partial charge on any atom is -0.497 e. The van der Waals surface area contributed by atoms with E-state index in [-0.39, 0.29) is 5.92 Å². The molecule has 2 rings (SSSR count). The second kappa shape index (κ2) is 3.50. The standard InChI is InChI=1S/C10H12O4S/c1-14-8-4-2-7(3-5-8)9-6-10(9)15(11,12)13/h2-5,9-10H,6H2,1H3,(H,11,12,13)/t9-,10+/m0/s1. The molecule has 0 aromatic heterocycles. The Morgan fingerprint density at radius 3 is 2.33 bits per heavy atom. The van der Waals surface area contributed by atoms with Crippen molar-refractivity contribution in [2.45, 2.75) is 17.6 Å². The van der Waals surface area contributed by atoms with Gasteiger partial charge < -0.3 is 4.74 Å². The smallest absolute Gasteiger partial charge is 0.268 e. The Bertz CT molecular complexity index is 449. The Morgan fingerprint density at radius 2 is 1.93 bits per heavy atom. The van der Waals surface area contributed by atoms with Crippen LogP contribution in [0.5, 0.6) is 5.75 Å². The van der Waals surface area contributed by atoms with Gasteiger partial charge in [0.1, 0.15) is 5.75 Å². The first kappa shape index (κ1) is 10.4. The third-order valence-electron chi connectivity index (χ3n) is 2.66. The van der Waals surface area contributed by atoms with E-state index in [1.165, 1.54) is 0 Å². The number of methoxy groups -OCH3 is 1. The summed E-state index contributed by atoms with van der Waals surface area (Å²) in [5.74, 6) is 0.675. The number of rotatable bonds is 3. The van der Waals surface area contributed by atoms with Crippen LogP contribution in [0.3, 0.4) is 0 Å². The number of hydrogen-bond donors (Lipinski definition) is 1. The fraction of sp³-hybridized carbons (Fsp3) is 0.400. The molecule has 4 nitrogen and oxygen atoms in total. The summed E-state index contributed by atoms with van der Waals surface area (Å²) < 4.78 is 35.5. The van der Waals surface area contributed by atoms with Gasteiger partial charge in [-0.3, -0.25) is 4.55 Å². The van der Waals surface area contributed by atoms with Gasteiger partial charge in [-0.15, -0.1) is 0 Å². The van der Waals surface area contributed by atoms with E-state index in [9.17, 15) is 8.42 Å². The summed E-state index contributed by atoms with van der Waals surface area (Å²) in [4.78, 5) is 0. The maximum absolute atomic E-state index is 10.8. The minimum absolute atomic E-state index is 0.0640. The molecule has 0 unspecified atom stereocenters. The van der Waals surface area contributed by atoms with E-state index < -0.39 is 15.4 Å². The highest BCUT2D eigenvalue weighted by molar-refractivity contribution is 7.86. The zero-order valence-corrected chi connectivity index (χ0v) is 9.07. The summed E-state index contributed by atoms with van der Waals surface area (Å²) >= 11 is 0. The monoisotopic (exact) mass is 228 g/mol. The van der Waals surface area contributed by atoms with Crippen LogP contribution in [-0.2, 0) is 10.1 Å². The van der Waals surface area contributed by atoms with Gasteiger partial charge in [-0.2, -0.15) is 8.42 Å². The van der Waals surface area contributed by atoms with Crippen molar-refractivity contribution in [3.63, 3.8) is 0 Å². The number of hydrogen-bond acceptors (Lipinski definition) is 3. The zero-order chi connectivity index (χ0) is 11.1. The summed E-state index contributed by atoms with van der Waals surface area (Å²) in [5.41, 5.74) is 0.929.